The second kappa shape index (κ2) is 162. The average molecular weight is 395 g/mol. The molecule has 0 aromatic carbocycles. The van der Waals surface area contributed by atoms with Crippen LogP contribution in [-0.4, -0.2) is 94.4 Å². The Bertz CT molecular complexity index is 13.6. The molecule has 0 radical (unpaired) electrons. The second-order valence-corrected chi connectivity index (χ2v) is 0. The first-order valence-electron chi connectivity index (χ1n) is 0. The summed E-state index contributed by atoms with van der Waals surface area (Å²) in [5, 5.41) is 0. The van der Waals surface area contributed by atoms with E-state index < -0.39 is 0 Å². The summed E-state index contributed by atoms with van der Waals surface area (Å²) in [6.07, 6.45) is 0. The molecule has 0 bridgehead atoms. The smallest absolute Gasteiger partial charge is 1.00 e. The Balaban J connectivity index is 0. The Kier molecular flexibility index (Phi) is 3380. The van der Waals surface area contributed by atoms with Gasteiger partial charge in [0.1, 0.15) is 0 Å². The molecule has 0 aromatic heterocycles. The van der Waals surface area contributed by atoms with E-state index in [2.05, 4.69) is 0 Å². The van der Waals surface area contributed by atoms with Crippen molar-refractivity contribution < 1.29 is 32.9 Å². The van der Waals surface area contributed by atoms with Gasteiger partial charge in [-0.15, -0.1) is 0 Å². The van der Waals surface area contributed by atoms with Crippen molar-refractivity contribution in [3.63, 3.8) is 0 Å². The SMILES string of the molecule is F.F.F.P.[Ba+2].[F-].[F-].[F-].[F-].[Sr+2]. The molecule has 1 unspecified atom stereocenters. The summed E-state index contributed by atoms with van der Waals surface area (Å²) in [6, 6.07) is 0. The standard InChI is InChI=1S/Ba.7FH.H3P.Sr/h;7*1H;1H3;/q+2;;;;;;;;;+2/p-4. The summed E-state index contributed by atoms with van der Waals surface area (Å²) in [5.74, 6) is 0. The maximum Gasteiger partial charge on any atom is 2.00 e. The van der Waals surface area contributed by atoms with Crippen molar-refractivity contribution in [1.82, 2.24) is 0 Å². The van der Waals surface area contributed by atoms with Crippen molar-refractivity contribution in [2.45, 2.75) is 0 Å². The molecule has 0 aromatic rings. The molecular formula is H6BaF7PSr. The van der Waals surface area contributed by atoms with Gasteiger partial charge in [-0.3, -0.25) is 14.1 Å². The van der Waals surface area contributed by atoms with E-state index in [1.807, 2.05) is 0 Å². The molecule has 0 aliphatic heterocycles. The average Bonchev–Trinajstić information content (AvgIpc) is 0. The molecule has 0 amide bonds. The second-order valence-electron chi connectivity index (χ2n) is 0. The largest absolute Gasteiger partial charge is 2.00 e. The first-order valence-corrected chi connectivity index (χ1v) is 0. The predicted molar refractivity (Wildman–Crippen MR) is 30.1 cm³/mol. The van der Waals surface area contributed by atoms with Gasteiger partial charge < -0.3 is 18.8 Å². The zero-order valence-corrected chi connectivity index (χ0v) is 14.2. The van der Waals surface area contributed by atoms with Crippen LogP contribution >= 0.6 is 9.90 Å². The van der Waals surface area contributed by atoms with Crippen LogP contribution in [0.25, 0.3) is 0 Å². The van der Waals surface area contributed by atoms with Crippen LogP contribution in [0.3, 0.4) is 0 Å². The predicted octanol–water partition coefficient (Wildman–Crippen LogP) is -12.2. The van der Waals surface area contributed by atoms with Crippen LogP contribution in [0.2, 0.25) is 0 Å². The minimum Gasteiger partial charge on any atom is -1.00 e. The molecule has 0 heterocycles. The first-order chi connectivity index (χ1) is 0. The molecule has 0 aliphatic carbocycles. The summed E-state index contributed by atoms with van der Waals surface area (Å²) in [4.78, 5) is 0. The van der Waals surface area contributed by atoms with E-state index >= 15 is 0 Å². The summed E-state index contributed by atoms with van der Waals surface area (Å²) in [5.41, 5.74) is 0. The van der Waals surface area contributed by atoms with E-state index in [9.17, 15) is 0 Å². The molecule has 0 N–H and O–H groups in total. The van der Waals surface area contributed by atoms with Crippen LogP contribution in [0.4, 0.5) is 14.1 Å². The fourth-order valence-corrected chi connectivity index (χ4v) is 0. The minimum absolute atomic E-state index is 0. The third kappa shape index (κ3) is 123. The van der Waals surface area contributed by atoms with E-state index in [0.717, 1.165) is 0 Å². The summed E-state index contributed by atoms with van der Waals surface area (Å²) in [6.45, 7) is 0. The van der Waals surface area contributed by atoms with Crippen molar-refractivity contribution >= 4 is 104 Å². The normalized spacial score (nSPS) is 0. The van der Waals surface area contributed by atoms with Crippen molar-refractivity contribution in [3.8, 4) is 0 Å². The minimum atomic E-state index is 0. The fourth-order valence-electron chi connectivity index (χ4n) is 0. The van der Waals surface area contributed by atoms with Crippen LogP contribution in [0.5, 0.6) is 0 Å². The number of rotatable bonds is 0. The molecule has 0 nitrogen and oxygen atoms in total. The van der Waals surface area contributed by atoms with Gasteiger partial charge in [0.2, 0.25) is 0 Å². The Morgan fingerprint density at radius 3 is 0.500 bits per heavy atom. The zero-order chi connectivity index (χ0) is 0. The van der Waals surface area contributed by atoms with Gasteiger partial charge >= 0.3 is 94.4 Å². The van der Waals surface area contributed by atoms with Crippen molar-refractivity contribution in [1.29, 1.82) is 0 Å². The van der Waals surface area contributed by atoms with Crippen LogP contribution in [-0.2, 0) is 0 Å². The van der Waals surface area contributed by atoms with Crippen molar-refractivity contribution in [2.24, 2.45) is 0 Å². The molecule has 0 rings (SSSR count). The molecule has 0 saturated carbocycles. The van der Waals surface area contributed by atoms with E-state index in [1.165, 1.54) is 0 Å². The van der Waals surface area contributed by atoms with Gasteiger partial charge in [-0.25, -0.2) is 0 Å². The van der Waals surface area contributed by atoms with Gasteiger partial charge in [-0.2, -0.15) is 9.90 Å². The molecule has 0 aliphatic rings. The van der Waals surface area contributed by atoms with Crippen LogP contribution in [0.15, 0.2) is 0 Å². The number of hydrogen-bond acceptors (Lipinski definition) is 0. The van der Waals surface area contributed by atoms with Crippen LogP contribution in [0.1, 0.15) is 0 Å². The van der Waals surface area contributed by atoms with Gasteiger partial charge in [-0.1, -0.05) is 0 Å². The van der Waals surface area contributed by atoms with Crippen LogP contribution in [0, 0.1) is 0 Å². The van der Waals surface area contributed by atoms with Gasteiger partial charge in [0.15, 0.2) is 0 Å². The molecule has 64 valence electrons. The third-order valence-electron chi connectivity index (χ3n) is 0. The topological polar surface area (TPSA) is 0 Å². The maximum atomic E-state index is 0. The first kappa shape index (κ1) is 209. The fraction of sp³-hybridized carbons (Fsp3) is 0. The molecule has 0 saturated heterocycles. The number of hydrogen-bond donors (Lipinski definition) is 0. The monoisotopic (exact) mass is 396 g/mol. The van der Waals surface area contributed by atoms with E-state index in [4.69, 9.17) is 0 Å². The Morgan fingerprint density at radius 1 is 0.500 bits per heavy atom. The molecule has 10 heavy (non-hydrogen) atoms. The van der Waals surface area contributed by atoms with E-state index in [-0.39, 0.29) is 137 Å². The Labute approximate surface area is 134 Å². The molecule has 10 heteroatoms. The van der Waals surface area contributed by atoms with Crippen molar-refractivity contribution in [3.05, 3.63) is 0 Å². The van der Waals surface area contributed by atoms with Crippen molar-refractivity contribution in [2.75, 3.05) is 0 Å². The van der Waals surface area contributed by atoms with Gasteiger partial charge in [0.25, 0.3) is 0 Å². The van der Waals surface area contributed by atoms with E-state index in [0.29, 0.717) is 0 Å². The number of halogens is 7. The summed E-state index contributed by atoms with van der Waals surface area (Å²) >= 11 is 0. The molecule has 0 spiro atoms. The molecular weight excluding hydrogens is 389 g/mol. The molecule has 0 fully saturated rings. The zero-order valence-electron chi connectivity index (χ0n) is 4.86. The van der Waals surface area contributed by atoms with Gasteiger partial charge in [-0.05, 0) is 0 Å². The summed E-state index contributed by atoms with van der Waals surface area (Å²) in [7, 11) is 0. The van der Waals surface area contributed by atoms with Gasteiger partial charge in [0.05, 0.1) is 0 Å². The quantitative estimate of drug-likeness (QED) is 0.217. The van der Waals surface area contributed by atoms with Crippen LogP contribution < -0.4 is 18.8 Å². The summed E-state index contributed by atoms with van der Waals surface area (Å²) < 4.78 is 0. The third-order valence-corrected chi connectivity index (χ3v) is 0. The van der Waals surface area contributed by atoms with Gasteiger partial charge in [0, 0.05) is 0 Å². The Morgan fingerprint density at radius 2 is 0.500 bits per heavy atom. The maximum absolute atomic E-state index is 0. The van der Waals surface area contributed by atoms with E-state index in [1.54, 1.807) is 0 Å². The Hall–Kier alpha value is 2.99. The molecule has 1 atom stereocenters.